The second kappa shape index (κ2) is 12.5. The van der Waals surface area contributed by atoms with Crippen LogP contribution in [-0.2, 0) is 11.3 Å². The highest BCUT2D eigenvalue weighted by Crippen LogP contribution is 2.30. The summed E-state index contributed by atoms with van der Waals surface area (Å²) in [4.78, 5) is 8.57. The number of rotatable bonds is 8. The van der Waals surface area contributed by atoms with Gasteiger partial charge in [-0.15, -0.1) is 24.0 Å². The summed E-state index contributed by atoms with van der Waals surface area (Å²) < 4.78 is 5.96. The highest BCUT2D eigenvalue weighted by atomic mass is 127. The van der Waals surface area contributed by atoms with Crippen molar-refractivity contribution in [3.05, 3.63) is 30.1 Å². The standard InChI is InChI=1S/C18H30N4O.HI/c1-3-23-17(15-8-4-5-9-15)11-13-21-18(19-2)22-14-16-10-6-7-12-20-16;/h6-7,10,12,15,17H,3-5,8-9,11,13-14H2,1-2H3,(H2,19,21,22);1H. The van der Waals surface area contributed by atoms with E-state index in [0.29, 0.717) is 12.6 Å². The zero-order chi connectivity index (χ0) is 16.3. The van der Waals surface area contributed by atoms with Crippen molar-refractivity contribution in [2.75, 3.05) is 20.2 Å². The van der Waals surface area contributed by atoms with Gasteiger partial charge < -0.3 is 15.4 Å². The van der Waals surface area contributed by atoms with Crippen LogP contribution in [0, 0.1) is 5.92 Å². The van der Waals surface area contributed by atoms with E-state index in [9.17, 15) is 0 Å². The molecule has 136 valence electrons. The maximum atomic E-state index is 5.96. The van der Waals surface area contributed by atoms with Crippen LogP contribution in [0.1, 0.15) is 44.7 Å². The van der Waals surface area contributed by atoms with Gasteiger partial charge >= 0.3 is 0 Å². The number of aromatic nitrogens is 1. The van der Waals surface area contributed by atoms with Crippen LogP contribution in [0.15, 0.2) is 29.4 Å². The van der Waals surface area contributed by atoms with Crippen molar-refractivity contribution in [2.45, 2.75) is 51.7 Å². The maximum Gasteiger partial charge on any atom is 0.191 e. The molecule has 1 heterocycles. The third kappa shape index (κ3) is 7.34. The van der Waals surface area contributed by atoms with E-state index in [-0.39, 0.29) is 24.0 Å². The van der Waals surface area contributed by atoms with E-state index in [4.69, 9.17) is 4.74 Å². The Bertz CT molecular complexity index is 463. The van der Waals surface area contributed by atoms with Gasteiger partial charge in [-0.1, -0.05) is 18.9 Å². The van der Waals surface area contributed by atoms with Gasteiger partial charge in [0.2, 0.25) is 0 Å². The second-order valence-electron chi connectivity index (χ2n) is 6.00. The Balaban J connectivity index is 0.00000288. The number of hydrogen-bond donors (Lipinski definition) is 2. The number of guanidine groups is 1. The van der Waals surface area contributed by atoms with Crippen molar-refractivity contribution in [3.8, 4) is 0 Å². The molecule has 24 heavy (non-hydrogen) atoms. The van der Waals surface area contributed by atoms with Gasteiger partial charge in [0.05, 0.1) is 18.3 Å². The van der Waals surface area contributed by atoms with Crippen molar-refractivity contribution in [1.29, 1.82) is 0 Å². The van der Waals surface area contributed by atoms with Gasteiger partial charge in [0.15, 0.2) is 5.96 Å². The second-order valence-corrected chi connectivity index (χ2v) is 6.00. The zero-order valence-corrected chi connectivity index (χ0v) is 17.2. The third-order valence-corrected chi connectivity index (χ3v) is 4.41. The number of nitrogens with one attached hydrogen (secondary N) is 2. The quantitative estimate of drug-likeness (QED) is 0.366. The van der Waals surface area contributed by atoms with Crippen LogP contribution in [0.5, 0.6) is 0 Å². The lowest BCUT2D eigenvalue weighted by Gasteiger charge is -2.24. The fourth-order valence-electron chi connectivity index (χ4n) is 3.23. The van der Waals surface area contributed by atoms with Crippen molar-refractivity contribution < 1.29 is 4.74 Å². The molecule has 2 rings (SSSR count). The maximum absolute atomic E-state index is 5.96. The summed E-state index contributed by atoms with van der Waals surface area (Å²) in [6, 6.07) is 5.92. The molecule has 1 aromatic heterocycles. The van der Waals surface area contributed by atoms with Gasteiger partial charge in [0, 0.05) is 26.4 Å². The van der Waals surface area contributed by atoms with E-state index in [1.807, 2.05) is 24.4 Å². The fourth-order valence-corrected chi connectivity index (χ4v) is 3.23. The fraction of sp³-hybridized carbons (Fsp3) is 0.667. The predicted molar refractivity (Wildman–Crippen MR) is 110 cm³/mol. The van der Waals surface area contributed by atoms with Crippen LogP contribution < -0.4 is 10.6 Å². The lowest BCUT2D eigenvalue weighted by molar-refractivity contribution is 0.0169. The lowest BCUT2D eigenvalue weighted by atomic mass is 9.98. The predicted octanol–water partition coefficient (Wildman–Crippen LogP) is 3.35. The van der Waals surface area contributed by atoms with Gasteiger partial charge in [-0.25, -0.2) is 0 Å². The number of ether oxygens (including phenoxy) is 1. The van der Waals surface area contributed by atoms with Crippen LogP contribution >= 0.6 is 24.0 Å². The summed E-state index contributed by atoms with van der Waals surface area (Å²) in [5, 5.41) is 6.68. The average molecular weight is 446 g/mol. The number of halogens is 1. The molecule has 5 nitrogen and oxygen atoms in total. The van der Waals surface area contributed by atoms with Gasteiger partial charge in [0.1, 0.15) is 0 Å². The summed E-state index contributed by atoms with van der Waals surface area (Å²) >= 11 is 0. The first kappa shape index (κ1) is 21.2. The topological polar surface area (TPSA) is 58.5 Å². The lowest BCUT2D eigenvalue weighted by Crippen LogP contribution is -2.39. The minimum Gasteiger partial charge on any atom is -0.378 e. The van der Waals surface area contributed by atoms with Gasteiger partial charge in [-0.3, -0.25) is 9.98 Å². The van der Waals surface area contributed by atoms with Crippen LogP contribution in [0.4, 0.5) is 0 Å². The summed E-state index contributed by atoms with van der Waals surface area (Å²) in [5.41, 5.74) is 1.01. The van der Waals surface area contributed by atoms with E-state index in [1.54, 1.807) is 7.05 Å². The molecule has 6 heteroatoms. The summed E-state index contributed by atoms with van der Waals surface area (Å²) in [6.45, 7) is 4.44. The molecular formula is C18H31IN4O. The summed E-state index contributed by atoms with van der Waals surface area (Å²) in [5.74, 6) is 1.55. The van der Waals surface area contributed by atoms with Crippen molar-refractivity contribution >= 4 is 29.9 Å². The molecule has 0 saturated heterocycles. The van der Waals surface area contributed by atoms with E-state index in [1.165, 1.54) is 25.7 Å². The van der Waals surface area contributed by atoms with Crippen LogP contribution in [0.2, 0.25) is 0 Å². The van der Waals surface area contributed by atoms with Crippen molar-refractivity contribution in [3.63, 3.8) is 0 Å². The highest BCUT2D eigenvalue weighted by Gasteiger charge is 2.24. The summed E-state index contributed by atoms with van der Waals surface area (Å²) in [6.07, 6.45) is 8.56. The van der Waals surface area contributed by atoms with Gasteiger partial charge in [-0.2, -0.15) is 0 Å². The molecule has 1 aliphatic carbocycles. The highest BCUT2D eigenvalue weighted by molar-refractivity contribution is 14.0. The SMILES string of the molecule is CCOC(CCNC(=NC)NCc1ccccn1)C1CCCC1.I. The van der Waals surface area contributed by atoms with Gasteiger partial charge in [0.25, 0.3) is 0 Å². The Morgan fingerprint density at radius 1 is 1.33 bits per heavy atom. The minimum absolute atomic E-state index is 0. The number of hydrogen-bond acceptors (Lipinski definition) is 3. The average Bonchev–Trinajstić information content (AvgIpc) is 3.12. The molecule has 0 spiro atoms. The molecule has 0 bridgehead atoms. The van der Waals surface area contributed by atoms with E-state index in [0.717, 1.165) is 37.1 Å². The molecule has 2 N–H and O–H groups in total. The van der Waals surface area contributed by atoms with Crippen molar-refractivity contribution in [2.24, 2.45) is 10.9 Å². The van der Waals surface area contributed by atoms with Crippen molar-refractivity contribution in [1.82, 2.24) is 15.6 Å². The zero-order valence-electron chi connectivity index (χ0n) is 14.8. The molecule has 0 aromatic carbocycles. The normalized spacial score (nSPS) is 16.5. The molecule has 1 unspecified atom stereocenters. The molecule has 1 fully saturated rings. The minimum atomic E-state index is 0. The van der Waals surface area contributed by atoms with Crippen LogP contribution in [0.3, 0.4) is 0 Å². The monoisotopic (exact) mass is 446 g/mol. The van der Waals surface area contributed by atoms with Crippen LogP contribution in [-0.4, -0.2) is 37.2 Å². The molecule has 0 amide bonds. The number of nitrogens with zero attached hydrogens (tertiary/aromatic N) is 2. The molecule has 0 aliphatic heterocycles. The largest absolute Gasteiger partial charge is 0.378 e. The molecule has 1 saturated carbocycles. The Hall–Kier alpha value is -0.890. The third-order valence-electron chi connectivity index (χ3n) is 4.41. The smallest absolute Gasteiger partial charge is 0.191 e. The molecule has 1 atom stereocenters. The number of aliphatic imine (C=N–C) groups is 1. The molecule has 1 aromatic rings. The number of pyridine rings is 1. The molecule has 1 aliphatic rings. The summed E-state index contributed by atoms with van der Waals surface area (Å²) in [7, 11) is 1.80. The Kier molecular flexibility index (Phi) is 11.0. The first-order chi connectivity index (χ1) is 11.3. The van der Waals surface area contributed by atoms with E-state index >= 15 is 0 Å². The first-order valence-corrected chi connectivity index (χ1v) is 8.79. The first-order valence-electron chi connectivity index (χ1n) is 8.79. The molecular weight excluding hydrogens is 415 g/mol. The van der Waals surface area contributed by atoms with E-state index < -0.39 is 0 Å². The Labute approximate surface area is 163 Å². The van der Waals surface area contributed by atoms with Crippen LogP contribution in [0.25, 0.3) is 0 Å². The van der Waals surface area contributed by atoms with E-state index in [2.05, 4.69) is 27.5 Å². The molecule has 0 radical (unpaired) electrons. The van der Waals surface area contributed by atoms with Gasteiger partial charge in [-0.05, 0) is 44.2 Å². The Morgan fingerprint density at radius 2 is 2.12 bits per heavy atom. The Morgan fingerprint density at radius 3 is 2.75 bits per heavy atom.